The van der Waals surface area contributed by atoms with Crippen molar-refractivity contribution >= 4 is 35.0 Å². The van der Waals surface area contributed by atoms with Crippen molar-refractivity contribution in [3.63, 3.8) is 0 Å². The number of nitrogens with one attached hydrogen (secondary N) is 1. The van der Waals surface area contributed by atoms with E-state index in [2.05, 4.69) is 5.32 Å². The van der Waals surface area contributed by atoms with Gasteiger partial charge in [0.25, 0.3) is 0 Å². The normalized spacial score (nSPS) is 14.0. The first-order valence-electron chi connectivity index (χ1n) is 10.5. The Morgan fingerprint density at radius 3 is 2.09 bits per heavy atom. The van der Waals surface area contributed by atoms with Crippen LogP contribution in [0.5, 0.6) is 0 Å². The van der Waals surface area contributed by atoms with Crippen LogP contribution in [0.4, 0.5) is 27.6 Å². The molecule has 1 aliphatic rings. The summed E-state index contributed by atoms with van der Waals surface area (Å²) >= 11 is 5.22. The van der Waals surface area contributed by atoms with Gasteiger partial charge in [-0.25, -0.2) is 22.0 Å². The van der Waals surface area contributed by atoms with Crippen molar-refractivity contribution in [1.29, 1.82) is 0 Å². The Kier molecular flexibility index (Phi) is 7.15. The van der Waals surface area contributed by atoms with E-state index in [1.807, 2.05) is 30.3 Å². The summed E-state index contributed by atoms with van der Waals surface area (Å²) in [7, 11) is 0. The molecular weight excluding hydrogens is 489 g/mol. The lowest BCUT2D eigenvalue weighted by Gasteiger charge is -2.37. The largest absolute Gasteiger partial charge is 0.457 e. The summed E-state index contributed by atoms with van der Waals surface area (Å²) in [5, 5.41) is 2.59. The lowest BCUT2D eigenvalue weighted by atomic mass is 10.2. The molecule has 11 heteroatoms. The molecular formula is C24H18F5N3O2S. The molecule has 182 valence electrons. The van der Waals surface area contributed by atoms with Crippen molar-refractivity contribution in [2.45, 2.75) is 0 Å². The maximum Gasteiger partial charge on any atom is 0.250 e. The van der Waals surface area contributed by atoms with E-state index in [-0.39, 0.29) is 31.3 Å². The molecule has 1 fully saturated rings. The molecule has 1 saturated heterocycles. The van der Waals surface area contributed by atoms with E-state index in [1.165, 1.54) is 12.2 Å². The minimum absolute atomic E-state index is 0.0705. The number of piperazine rings is 1. The molecule has 1 N–H and O–H groups in total. The molecule has 0 radical (unpaired) electrons. The Hall–Kier alpha value is -3.73. The van der Waals surface area contributed by atoms with Crippen LogP contribution < -0.4 is 10.2 Å². The van der Waals surface area contributed by atoms with Gasteiger partial charge in [-0.3, -0.25) is 10.1 Å². The van der Waals surface area contributed by atoms with E-state index in [0.29, 0.717) is 11.5 Å². The predicted octanol–water partition coefficient (Wildman–Crippen LogP) is 4.88. The van der Waals surface area contributed by atoms with Gasteiger partial charge in [-0.2, -0.15) is 0 Å². The minimum atomic E-state index is -2.20. The first-order chi connectivity index (χ1) is 16.8. The molecule has 0 bridgehead atoms. The number of hydrogen-bond donors (Lipinski definition) is 1. The summed E-state index contributed by atoms with van der Waals surface area (Å²) in [4.78, 5) is 14.9. The van der Waals surface area contributed by atoms with Gasteiger partial charge in [0.15, 0.2) is 28.4 Å². The van der Waals surface area contributed by atoms with Gasteiger partial charge in [-0.1, -0.05) is 30.3 Å². The highest BCUT2D eigenvalue weighted by Gasteiger charge is 2.31. The third-order valence-electron chi connectivity index (χ3n) is 5.38. The average Bonchev–Trinajstić information content (AvgIpc) is 3.35. The van der Waals surface area contributed by atoms with Crippen molar-refractivity contribution in [3.05, 3.63) is 83.4 Å². The van der Waals surface area contributed by atoms with Crippen molar-refractivity contribution < 1.29 is 31.2 Å². The third-order valence-corrected chi connectivity index (χ3v) is 5.74. The average molecular weight is 507 g/mol. The van der Waals surface area contributed by atoms with Crippen LogP contribution in [0, 0.1) is 29.1 Å². The summed E-state index contributed by atoms with van der Waals surface area (Å²) in [6.45, 7) is 0.0552. The fourth-order valence-corrected chi connectivity index (χ4v) is 3.87. The zero-order valence-electron chi connectivity index (χ0n) is 18.0. The number of furan rings is 1. The highest BCUT2D eigenvalue weighted by molar-refractivity contribution is 7.80. The monoisotopic (exact) mass is 507 g/mol. The quantitative estimate of drug-likeness (QED) is 0.179. The molecule has 0 unspecified atom stereocenters. The topological polar surface area (TPSA) is 48.7 Å². The Morgan fingerprint density at radius 1 is 0.857 bits per heavy atom. The van der Waals surface area contributed by atoms with Crippen molar-refractivity contribution in [2.24, 2.45) is 0 Å². The van der Waals surface area contributed by atoms with Gasteiger partial charge in [0.1, 0.15) is 17.2 Å². The number of anilines is 1. The molecule has 5 nitrogen and oxygen atoms in total. The molecule has 0 saturated carbocycles. The minimum Gasteiger partial charge on any atom is -0.457 e. The molecule has 0 aliphatic carbocycles. The highest BCUT2D eigenvalue weighted by Crippen LogP contribution is 2.31. The number of halogens is 5. The molecule has 0 atom stereocenters. The lowest BCUT2D eigenvalue weighted by Crippen LogP contribution is -2.53. The fourth-order valence-electron chi connectivity index (χ4n) is 3.59. The Labute approximate surface area is 202 Å². The third kappa shape index (κ3) is 5.19. The first-order valence-corrected chi connectivity index (χ1v) is 10.9. The van der Waals surface area contributed by atoms with Gasteiger partial charge in [-0.15, -0.1) is 0 Å². The van der Waals surface area contributed by atoms with Gasteiger partial charge < -0.3 is 14.2 Å². The van der Waals surface area contributed by atoms with Crippen molar-refractivity contribution in [1.82, 2.24) is 10.2 Å². The second-order valence-corrected chi connectivity index (χ2v) is 7.98. The van der Waals surface area contributed by atoms with E-state index in [0.717, 1.165) is 10.5 Å². The van der Waals surface area contributed by atoms with Crippen LogP contribution in [0.25, 0.3) is 17.4 Å². The maximum atomic E-state index is 14.1. The maximum absolute atomic E-state index is 14.1. The van der Waals surface area contributed by atoms with E-state index in [1.54, 1.807) is 17.0 Å². The molecule has 1 aromatic heterocycles. The molecule has 3 aromatic rings. The van der Waals surface area contributed by atoms with Crippen LogP contribution in [0.1, 0.15) is 5.76 Å². The summed E-state index contributed by atoms with van der Waals surface area (Å²) in [5.41, 5.74) is -0.0879. The number of carbonyl (C=O) groups is 1. The molecule has 1 amide bonds. The highest BCUT2D eigenvalue weighted by atomic mass is 32.1. The number of nitrogens with zero attached hydrogens (tertiary/aromatic N) is 2. The van der Waals surface area contributed by atoms with E-state index in [4.69, 9.17) is 16.6 Å². The fraction of sp³-hybridized carbons (Fsp3) is 0.167. The standard InChI is InChI=1S/C24H18F5N3O2S/c25-18-19(26)21(28)23(22(29)20(18)27)31-10-12-32(13-11-31)24(35)30-17(33)9-7-15-6-8-16(34-15)14-4-2-1-3-5-14/h1-9H,10-13H2,(H,30,33,35)/b9-7+. The molecule has 2 aromatic carbocycles. The second-order valence-electron chi connectivity index (χ2n) is 7.59. The zero-order valence-corrected chi connectivity index (χ0v) is 18.9. The molecule has 35 heavy (non-hydrogen) atoms. The Bertz CT molecular complexity index is 1260. The van der Waals surface area contributed by atoms with E-state index < -0.39 is 40.7 Å². The first kappa shape index (κ1) is 24.4. The number of benzene rings is 2. The van der Waals surface area contributed by atoms with Crippen LogP contribution in [0.15, 0.2) is 53.0 Å². The summed E-state index contributed by atoms with van der Waals surface area (Å²) in [5.74, 6) is -9.38. The van der Waals surface area contributed by atoms with Crippen LogP contribution in [-0.4, -0.2) is 42.1 Å². The Balaban J connectivity index is 1.33. The number of carbonyl (C=O) groups excluding carboxylic acids is 1. The van der Waals surface area contributed by atoms with Gasteiger partial charge in [0, 0.05) is 37.8 Å². The molecule has 2 heterocycles. The molecule has 0 spiro atoms. The predicted molar refractivity (Wildman–Crippen MR) is 124 cm³/mol. The van der Waals surface area contributed by atoms with Crippen molar-refractivity contribution in [2.75, 3.05) is 31.1 Å². The van der Waals surface area contributed by atoms with Gasteiger partial charge in [0.2, 0.25) is 11.7 Å². The van der Waals surface area contributed by atoms with Crippen LogP contribution in [0.3, 0.4) is 0 Å². The summed E-state index contributed by atoms with van der Waals surface area (Å²) < 4.78 is 74.1. The summed E-state index contributed by atoms with van der Waals surface area (Å²) in [6, 6.07) is 12.9. The van der Waals surface area contributed by atoms with Gasteiger partial charge in [0.05, 0.1) is 0 Å². The zero-order chi connectivity index (χ0) is 25.1. The van der Waals surface area contributed by atoms with Crippen LogP contribution in [-0.2, 0) is 4.79 Å². The number of thiocarbonyl (C=S) groups is 1. The number of amides is 1. The second kappa shape index (κ2) is 10.3. The SMILES string of the molecule is O=C(/C=C/c1ccc(-c2ccccc2)o1)NC(=S)N1CCN(c2c(F)c(F)c(F)c(F)c2F)CC1. The Morgan fingerprint density at radius 2 is 1.46 bits per heavy atom. The van der Waals surface area contributed by atoms with E-state index >= 15 is 0 Å². The number of rotatable bonds is 4. The smallest absolute Gasteiger partial charge is 0.250 e. The molecule has 4 rings (SSSR count). The lowest BCUT2D eigenvalue weighted by molar-refractivity contribution is -0.115. The number of hydrogen-bond acceptors (Lipinski definition) is 4. The van der Waals surface area contributed by atoms with Gasteiger partial charge in [-0.05, 0) is 30.4 Å². The van der Waals surface area contributed by atoms with Gasteiger partial charge >= 0.3 is 0 Å². The van der Waals surface area contributed by atoms with E-state index in [9.17, 15) is 26.7 Å². The van der Waals surface area contributed by atoms with Crippen molar-refractivity contribution in [3.8, 4) is 11.3 Å². The van der Waals surface area contributed by atoms with Crippen LogP contribution >= 0.6 is 12.2 Å². The summed E-state index contributed by atoms with van der Waals surface area (Å²) in [6.07, 6.45) is 2.72. The molecule has 1 aliphatic heterocycles. The van der Waals surface area contributed by atoms with Crippen LogP contribution in [0.2, 0.25) is 0 Å².